The van der Waals surface area contributed by atoms with Gasteiger partial charge in [0.05, 0.1) is 0 Å². The van der Waals surface area contributed by atoms with Gasteiger partial charge in [0.2, 0.25) is 0 Å². The number of benzene rings is 1. The van der Waals surface area contributed by atoms with E-state index in [1.54, 1.807) is 0 Å². The first-order chi connectivity index (χ1) is 7.38. The molecule has 0 unspecified atom stereocenters. The fraction of sp³-hybridized carbons (Fsp3) is 0.308. The lowest BCUT2D eigenvalue weighted by Gasteiger charge is -1.98. The zero-order chi connectivity index (χ0) is 10.5. The summed E-state index contributed by atoms with van der Waals surface area (Å²) < 4.78 is 0. The van der Waals surface area contributed by atoms with Gasteiger partial charge in [-0.1, -0.05) is 37.3 Å². The van der Waals surface area contributed by atoms with Crippen LogP contribution in [0, 0.1) is 0 Å². The Hall–Kier alpha value is -1.57. The number of H-pyrrole nitrogens is 1. The second-order valence-corrected chi connectivity index (χ2v) is 3.69. The first kappa shape index (κ1) is 9.97. The van der Waals surface area contributed by atoms with E-state index in [1.807, 2.05) is 12.3 Å². The van der Waals surface area contributed by atoms with Crippen LogP contribution in [0.3, 0.4) is 0 Å². The van der Waals surface area contributed by atoms with Crippen LogP contribution in [-0.2, 0) is 19.3 Å². The smallest absolute Gasteiger partial charge is 0.106 e. The molecule has 0 saturated carbocycles. The zero-order valence-electron chi connectivity index (χ0n) is 9.03. The normalized spacial score (nSPS) is 10.5. The van der Waals surface area contributed by atoms with E-state index in [9.17, 15) is 0 Å². The van der Waals surface area contributed by atoms with E-state index in [0.717, 1.165) is 25.1 Å². The summed E-state index contributed by atoms with van der Waals surface area (Å²) in [5.41, 5.74) is 2.59. The lowest BCUT2D eigenvalue weighted by molar-refractivity contribution is 0.875. The van der Waals surface area contributed by atoms with Crippen molar-refractivity contribution in [1.82, 2.24) is 9.97 Å². The predicted octanol–water partition coefficient (Wildman–Crippen LogP) is 2.76. The first-order valence-corrected chi connectivity index (χ1v) is 5.45. The number of aromatic nitrogens is 2. The van der Waals surface area contributed by atoms with Gasteiger partial charge in [0, 0.05) is 18.3 Å². The van der Waals surface area contributed by atoms with Gasteiger partial charge in [-0.2, -0.15) is 0 Å². The van der Waals surface area contributed by atoms with E-state index in [0.29, 0.717) is 0 Å². The summed E-state index contributed by atoms with van der Waals surface area (Å²) in [7, 11) is 0. The maximum atomic E-state index is 4.35. The quantitative estimate of drug-likeness (QED) is 0.807. The second-order valence-electron chi connectivity index (χ2n) is 3.69. The number of nitrogens with one attached hydrogen (secondary N) is 1. The fourth-order valence-corrected chi connectivity index (χ4v) is 1.62. The molecule has 0 bridgehead atoms. The Balaban J connectivity index is 1.93. The average Bonchev–Trinajstić information content (AvgIpc) is 2.76. The van der Waals surface area contributed by atoms with Gasteiger partial charge in [0.15, 0.2) is 0 Å². The summed E-state index contributed by atoms with van der Waals surface area (Å²) in [6.45, 7) is 2.13. The highest BCUT2D eigenvalue weighted by Crippen LogP contribution is 2.05. The molecule has 1 aromatic heterocycles. The van der Waals surface area contributed by atoms with Gasteiger partial charge in [-0.3, -0.25) is 0 Å². The van der Waals surface area contributed by atoms with Crippen LogP contribution in [-0.4, -0.2) is 9.97 Å². The lowest BCUT2D eigenvalue weighted by atomic mass is 10.1. The van der Waals surface area contributed by atoms with Crippen LogP contribution in [0.25, 0.3) is 0 Å². The van der Waals surface area contributed by atoms with Gasteiger partial charge in [-0.05, 0) is 18.4 Å². The van der Waals surface area contributed by atoms with E-state index in [2.05, 4.69) is 41.2 Å². The number of rotatable bonds is 4. The third-order valence-corrected chi connectivity index (χ3v) is 2.56. The van der Waals surface area contributed by atoms with Crippen LogP contribution < -0.4 is 0 Å². The van der Waals surface area contributed by atoms with Crippen LogP contribution in [0.5, 0.6) is 0 Å². The maximum absolute atomic E-state index is 4.35. The van der Waals surface area contributed by atoms with Crippen LogP contribution in [0.1, 0.15) is 24.0 Å². The minimum atomic E-state index is 0.990. The van der Waals surface area contributed by atoms with E-state index in [1.165, 1.54) is 11.3 Å². The van der Waals surface area contributed by atoms with Crippen molar-refractivity contribution >= 4 is 0 Å². The molecular weight excluding hydrogens is 184 g/mol. The Morgan fingerprint density at radius 1 is 1.13 bits per heavy atom. The van der Waals surface area contributed by atoms with Crippen LogP contribution >= 0.6 is 0 Å². The SMILES string of the molecule is CCc1cnc(CCc2ccccc2)[nH]1. The second kappa shape index (κ2) is 4.78. The highest BCUT2D eigenvalue weighted by atomic mass is 14.9. The van der Waals surface area contributed by atoms with Crippen LogP contribution in [0.15, 0.2) is 36.5 Å². The maximum Gasteiger partial charge on any atom is 0.106 e. The summed E-state index contributed by atoms with van der Waals surface area (Å²) in [5, 5.41) is 0. The number of aromatic amines is 1. The molecule has 0 spiro atoms. The molecular formula is C13H16N2. The van der Waals surface area contributed by atoms with Crippen LogP contribution in [0.4, 0.5) is 0 Å². The average molecular weight is 200 g/mol. The van der Waals surface area contributed by atoms with Crippen molar-refractivity contribution in [2.24, 2.45) is 0 Å². The molecule has 0 amide bonds. The highest BCUT2D eigenvalue weighted by molar-refractivity contribution is 5.15. The molecule has 0 radical (unpaired) electrons. The van der Waals surface area contributed by atoms with Crippen molar-refractivity contribution in [3.05, 3.63) is 53.6 Å². The molecule has 0 aliphatic heterocycles. The van der Waals surface area contributed by atoms with Gasteiger partial charge in [0.1, 0.15) is 5.82 Å². The molecule has 78 valence electrons. The molecule has 1 heterocycles. The third kappa shape index (κ3) is 2.69. The monoisotopic (exact) mass is 200 g/mol. The van der Waals surface area contributed by atoms with Crippen molar-refractivity contribution < 1.29 is 0 Å². The van der Waals surface area contributed by atoms with Gasteiger partial charge < -0.3 is 4.98 Å². The molecule has 2 nitrogen and oxygen atoms in total. The summed E-state index contributed by atoms with van der Waals surface area (Å²) in [6, 6.07) is 10.5. The Labute approximate surface area is 90.4 Å². The Bertz CT molecular complexity index is 403. The predicted molar refractivity (Wildman–Crippen MR) is 61.8 cm³/mol. The highest BCUT2D eigenvalue weighted by Gasteiger charge is 1.99. The number of aryl methyl sites for hydroxylation is 3. The first-order valence-electron chi connectivity index (χ1n) is 5.45. The van der Waals surface area contributed by atoms with Crippen molar-refractivity contribution in [2.75, 3.05) is 0 Å². The summed E-state index contributed by atoms with van der Waals surface area (Å²) in [5.74, 6) is 1.09. The third-order valence-electron chi connectivity index (χ3n) is 2.56. The molecule has 1 aromatic carbocycles. The molecule has 0 aliphatic carbocycles. The summed E-state index contributed by atoms with van der Waals surface area (Å²) >= 11 is 0. The van der Waals surface area contributed by atoms with Crippen molar-refractivity contribution in [1.29, 1.82) is 0 Å². The zero-order valence-corrected chi connectivity index (χ0v) is 9.03. The molecule has 2 aromatic rings. The summed E-state index contributed by atoms with van der Waals surface area (Å²) in [4.78, 5) is 7.67. The molecule has 0 aliphatic rings. The number of imidazole rings is 1. The summed E-state index contributed by atoms with van der Waals surface area (Å²) in [6.07, 6.45) is 5.00. The van der Waals surface area contributed by atoms with E-state index >= 15 is 0 Å². The molecule has 0 atom stereocenters. The minimum Gasteiger partial charge on any atom is -0.346 e. The van der Waals surface area contributed by atoms with Gasteiger partial charge in [-0.25, -0.2) is 4.98 Å². The molecule has 2 heteroatoms. The van der Waals surface area contributed by atoms with Gasteiger partial charge in [-0.15, -0.1) is 0 Å². The van der Waals surface area contributed by atoms with E-state index < -0.39 is 0 Å². The molecule has 0 fully saturated rings. The molecule has 0 saturated heterocycles. The topological polar surface area (TPSA) is 28.7 Å². The van der Waals surface area contributed by atoms with Crippen molar-refractivity contribution in [3.63, 3.8) is 0 Å². The minimum absolute atomic E-state index is 0.990. The Morgan fingerprint density at radius 3 is 2.60 bits per heavy atom. The molecule has 15 heavy (non-hydrogen) atoms. The fourth-order valence-electron chi connectivity index (χ4n) is 1.62. The Morgan fingerprint density at radius 2 is 1.93 bits per heavy atom. The van der Waals surface area contributed by atoms with Gasteiger partial charge >= 0.3 is 0 Å². The van der Waals surface area contributed by atoms with E-state index in [-0.39, 0.29) is 0 Å². The number of hydrogen-bond donors (Lipinski definition) is 1. The van der Waals surface area contributed by atoms with Gasteiger partial charge in [0.25, 0.3) is 0 Å². The molecule has 1 N–H and O–H groups in total. The molecule has 2 rings (SSSR count). The Kier molecular flexibility index (Phi) is 3.18. The number of nitrogens with zero attached hydrogens (tertiary/aromatic N) is 1. The van der Waals surface area contributed by atoms with Crippen molar-refractivity contribution in [2.45, 2.75) is 26.2 Å². The van der Waals surface area contributed by atoms with E-state index in [4.69, 9.17) is 0 Å². The standard InChI is InChI=1S/C13H16N2/c1-2-12-10-14-13(15-12)9-8-11-6-4-3-5-7-11/h3-7,10H,2,8-9H2,1H3,(H,14,15). The number of hydrogen-bond acceptors (Lipinski definition) is 1. The lowest BCUT2D eigenvalue weighted by Crippen LogP contribution is -1.93. The van der Waals surface area contributed by atoms with Crippen LogP contribution in [0.2, 0.25) is 0 Å². The largest absolute Gasteiger partial charge is 0.346 e. The van der Waals surface area contributed by atoms with Crippen molar-refractivity contribution in [3.8, 4) is 0 Å².